The van der Waals surface area contributed by atoms with Gasteiger partial charge in [-0.2, -0.15) is 0 Å². The van der Waals surface area contributed by atoms with E-state index in [9.17, 15) is 4.79 Å². The van der Waals surface area contributed by atoms with Crippen molar-refractivity contribution in [1.29, 1.82) is 0 Å². The molecule has 1 fully saturated rings. The SMILES string of the molecule is O=C(c1ccc(Br)c(Cl)c1)N(CCCl)C1CCC1. The van der Waals surface area contributed by atoms with Crippen molar-refractivity contribution in [2.45, 2.75) is 25.3 Å². The van der Waals surface area contributed by atoms with E-state index in [2.05, 4.69) is 15.9 Å². The molecule has 98 valence electrons. The summed E-state index contributed by atoms with van der Waals surface area (Å²) in [6, 6.07) is 5.64. The Morgan fingerprint density at radius 2 is 2.17 bits per heavy atom. The molecule has 0 heterocycles. The van der Waals surface area contributed by atoms with Gasteiger partial charge in [0.25, 0.3) is 5.91 Å². The van der Waals surface area contributed by atoms with Crippen LogP contribution in [-0.4, -0.2) is 29.3 Å². The zero-order valence-electron chi connectivity index (χ0n) is 9.83. The number of hydrogen-bond donors (Lipinski definition) is 0. The van der Waals surface area contributed by atoms with Crippen molar-refractivity contribution in [3.8, 4) is 0 Å². The molecular formula is C13H14BrCl2NO. The first-order valence-electron chi connectivity index (χ1n) is 5.95. The van der Waals surface area contributed by atoms with Crippen LogP contribution >= 0.6 is 39.1 Å². The Hall–Kier alpha value is -0.250. The number of amides is 1. The summed E-state index contributed by atoms with van der Waals surface area (Å²) < 4.78 is 0.799. The molecule has 0 aliphatic heterocycles. The molecular weight excluding hydrogens is 337 g/mol. The van der Waals surface area contributed by atoms with Crippen molar-refractivity contribution in [1.82, 2.24) is 4.90 Å². The minimum atomic E-state index is 0.0229. The van der Waals surface area contributed by atoms with E-state index in [0.717, 1.165) is 17.3 Å². The van der Waals surface area contributed by atoms with Gasteiger partial charge in [0.15, 0.2) is 0 Å². The highest BCUT2D eigenvalue weighted by Gasteiger charge is 2.29. The van der Waals surface area contributed by atoms with Gasteiger partial charge in [0, 0.05) is 28.5 Å². The minimum Gasteiger partial charge on any atom is -0.334 e. The number of halogens is 3. The number of nitrogens with zero attached hydrogens (tertiary/aromatic N) is 1. The van der Waals surface area contributed by atoms with Crippen LogP contribution in [0.1, 0.15) is 29.6 Å². The molecule has 0 spiro atoms. The van der Waals surface area contributed by atoms with Crippen LogP contribution in [0.15, 0.2) is 22.7 Å². The first kappa shape index (κ1) is 14.2. The number of hydrogen-bond acceptors (Lipinski definition) is 1. The number of carbonyl (C=O) groups is 1. The zero-order valence-corrected chi connectivity index (χ0v) is 12.9. The highest BCUT2D eigenvalue weighted by molar-refractivity contribution is 9.10. The van der Waals surface area contributed by atoms with E-state index < -0.39 is 0 Å². The molecule has 2 nitrogen and oxygen atoms in total. The Morgan fingerprint density at radius 3 is 2.67 bits per heavy atom. The summed E-state index contributed by atoms with van der Waals surface area (Å²) in [7, 11) is 0. The summed E-state index contributed by atoms with van der Waals surface area (Å²) in [5.74, 6) is 0.488. The molecule has 0 unspecified atom stereocenters. The van der Waals surface area contributed by atoms with Gasteiger partial charge in [0.05, 0.1) is 5.02 Å². The van der Waals surface area contributed by atoms with E-state index >= 15 is 0 Å². The van der Waals surface area contributed by atoms with Crippen LogP contribution in [0, 0.1) is 0 Å². The van der Waals surface area contributed by atoms with Crippen LogP contribution in [0.25, 0.3) is 0 Å². The number of benzene rings is 1. The fourth-order valence-corrected chi connectivity index (χ4v) is 2.64. The Kier molecular flexibility index (Phi) is 4.93. The largest absolute Gasteiger partial charge is 0.334 e. The lowest BCUT2D eigenvalue weighted by molar-refractivity contribution is 0.0598. The second-order valence-electron chi connectivity index (χ2n) is 4.40. The molecule has 0 atom stereocenters. The van der Waals surface area contributed by atoms with Gasteiger partial charge in [-0.05, 0) is 53.4 Å². The van der Waals surface area contributed by atoms with Crippen molar-refractivity contribution in [2.75, 3.05) is 12.4 Å². The second kappa shape index (κ2) is 6.27. The Balaban J connectivity index is 2.18. The molecule has 1 aromatic carbocycles. The smallest absolute Gasteiger partial charge is 0.254 e. The summed E-state index contributed by atoms with van der Waals surface area (Å²) in [6.45, 7) is 0.596. The summed E-state index contributed by atoms with van der Waals surface area (Å²) in [4.78, 5) is 14.3. The highest BCUT2D eigenvalue weighted by Crippen LogP contribution is 2.28. The molecule has 0 aromatic heterocycles. The molecule has 1 aliphatic rings. The third-order valence-corrected chi connectivity index (χ3v) is 4.67. The fourth-order valence-electron chi connectivity index (χ4n) is 2.03. The summed E-state index contributed by atoms with van der Waals surface area (Å²) in [5, 5.41) is 0.556. The van der Waals surface area contributed by atoms with E-state index in [4.69, 9.17) is 23.2 Å². The quantitative estimate of drug-likeness (QED) is 0.740. The van der Waals surface area contributed by atoms with Crippen molar-refractivity contribution >= 4 is 45.0 Å². The van der Waals surface area contributed by atoms with Gasteiger partial charge in [0.1, 0.15) is 0 Å². The summed E-state index contributed by atoms with van der Waals surface area (Å²) in [6.07, 6.45) is 3.34. The molecule has 2 rings (SSSR count). The molecule has 0 saturated heterocycles. The Morgan fingerprint density at radius 1 is 1.44 bits per heavy atom. The van der Waals surface area contributed by atoms with Crippen molar-refractivity contribution in [3.05, 3.63) is 33.3 Å². The third kappa shape index (κ3) is 3.01. The molecule has 1 aliphatic carbocycles. The maximum Gasteiger partial charge on any atom is 0.254 e. The van der Waals surface area contributed by atoms with Gasteiger partial charge in [-0.3, -0.25) is 4.79 Å². The van der Waals surface area contributed by atoms with Gasteiger partial charge < -0.3 is 4.90 Å². The minimum absolute atomic E-state index is 0.0229. The maximum absolute atomic E-state index is 12.4. The van der Waals surface area contributed by atoms with E-state index in [1.54, 1.807) is 18.2 Å². The normalized spacial score (nSPS) is 15.3. The molecule has 0 N–H and O–H groups in total. The van der Waals surface area contributed by atoms with E-state index in [1.165, 1.54) is 6.42 Å². The Labute approximate surface area is 125 Å². The van der Waals surface area contributed by atoms with Gasteiger partial charge in [0.2, 0.25) is 0 Å². The second-order valence-corrected chi connectivity index (χ2v) is 6.04. The first-order valence-corrected chi connectivity index (χ1v) is 7.66. The lowest BCUT2D eigenvalue weighted by atomic mass is 9.91. The van der Waals surface area contributed by atoms with Crippen LogP contribution in [0.2, 0.25) is 5.02 Å². The van der Waals surface area contributed by atoms with Gasteiger partial charge in [-0.1, -0.05) is 11.6 Å². The molecule has 0 bridgehead atoms. The molecule has 1 amide bonds. The predicted octanol–water partition coefficient (Wildman–Crippen LogP) is 4.34. The fraction of sp³-hybridized carbons (Fsp3) is 0.462. The molecule has 18 heavy (non-hydrogen) atoms. The van der Waals surface area contributed by atoms with E-state index in [0.29, 0.717) is 29.1 Å². The molecule has 1 aromatic rings. The number of alkyl halides is 1. The highest BCUT2D eigenvalue weighted by atomic mass is 79.9. The molecule has 1 saturated carbocycles. The lowest BCUT2D eigenvalue weighted by Gasteiger charge is -2.37. The first-order chi connectivity index (χ1) is 8.63. The summed E-state index contributed by atoms with van der Waals surface area (Å²) in [5.41, 5.74) is 0.625. The topological polar surface area (TPSA) is 20.3 Å². The van der Waals surface area contributed by atoms with Crippen LogP contribution < -0.4 is 0 Å². The van der Waals surface area contributed by atoms with E-state index in [1.807, 2.05) is 4.90 Å². The van der Waals surface area contributed by atoms with Crippen LogP contribution in [-0.2, 0) is 0 Å². The van der Waals surface area contributed by atoms with Crippen LogP contribution in [0.3, 0.4) is 0 Å². The van der Waals surface area contributed by atoms with E-state index in [-0.39, 0.29) is 5.91 Å². The van der Waals surface area contributed by atoms with Crippen LogP contribution in [0.4, 0.5) is 0 Å². The lowest BCUT2D eigenvalue weighted by Crippen LogP contribution is -2.45. The standard InChI is InChI=1S/C13H14BrCl2NO/c14-11-5-4-9(8-12(11)16)13(18)17(7-6-15)10-2-1-3-10/h4-5,8,10H,1-3,6-7H2. The third-order valence-electron chi connectivity index (χ3n) is 3.27. The van der Waals surface area contributed by atoms with Crippen molar-refractivity contribution in [2.24, 2.45) is 0 Å². The van der Waals surface area contributed by atoms with Gasteiger partial charge in [-0.15, -0.1) is 11.6 Å². The predicted molar refractivity (Wildman–Crippen MR) is 78.5 cm³/mol. The van der Waals surface area contributed by atoms with Gasteiger partial charge in [-0.25, -0.2) is 0 Å². The molecule has 5 heteroatoms. The van der Waals surface area contributed by atoms with Crippen LogP contribution in [0.5, 0.6) is 0 Å². The van der Waals surface area contributed by atoms with Crippen molar-refractivity contribution in [3.63, 3.8) is 0 Å². The average Bonchev–Trinajstić information content (AvgIpc) is 2.29. The summed E-state index contributed by atoms with van der Waals surface area (Å²) >= 11 is 15.1. The maximum atomic E-state index is 12.4. The average molecular weight is 351 g/mol. The zero-order chi connectivity index (χ0) is 13.1. The Bertz CT molecular complexity index is 449. The van der Waals surface area contributed by atoms with Crippen molar-refractivity contribution < 1.29 is 4.79 Å². The number of rotatable bonds is 4. The molecule has 0 radical (unpaired) electrons. The monoisotopic (exact) mass is 349 g/mol. The number of carbonyl (C=O) groups excluding carboxylic acids is 1. The van der Waals surface area contributed by atoms with Gasteiger partial charge >= 0.3 is 0 Å².